The van der Waals surface area contributed by atoms with Crippen molar-refractivity contribution in [1.29, 1.82) is 0 Å². The van der Waals surface area contributed by atoms with Gasteiger partial charge >= 0.3 is 0 Å². The van der Waals surface area contributed by atoms with E-state index in [9.17, 15) is 8.42 Å². The molecule has 1 saturated heterocycles. The maximum atomic E-state index is 11.4. The van der Waals surface area contributed by atoms with E-state index in [1.54, 1.807) is 0 Å². The van der Waals surface area contributed by atoms with Crippen LogP contribution in [0.5, 0.6) is 0 Å². The second-order valence-corrected chi connectivity index (χ2v) is 6.88. The van der Waals surface area contributed by atoms with E-state index in [4.69, 9.17) is 18.1 Å². The fraction of sp³-hybridized carbons (Fsp3) is 0.364. The molecule has 1 aliphatic rings. The molecule has 5 nitrogen and oxygen atoms in total. The number of para-hydroxylation sites is 1. The molecule has 18 heavy (non-hydrogen) atoms. The Morgan fingerprint density at radius 1 is 1.39 bits per heavy atom. The van der Waals surface area contributed by atoms with E-state index in [0.717, 1.165) is 5.69 Å². The molecule has 0 radical (unpaired) electrons. The summed E-state index contributed by atoms with van der Waals surface area (Å²) in [4.78, 5) is 0. The first-order valence-electron chi connectivity index (χ1n) is 5.58. The van der Waals surface area contributed by atoms with E-state index < -0.39 is 9.84 Å². The van der Waals surface area contributed by atoms with Crippen molar-refractivity contribution in [2.45, 2.75) is 12.5 Å². The SMILES string of the molecule is NN(C(=S)Nc1ccccc1)C1CCS(=O)(=O)C1. The number of hydrogen-bond acceptors (Lipinski definition) is 4. The summed E-state index contributed by atoms with van der Waals surface area (Å²) in [6, 6.07) is 9.16. The summed E-state index contributed by atoms with van der Waals surface area (Å²) in [6.45, 7) is 0. The summed E-state index contributed by atoms with van der Waals surface area (Å²) in [5, 5.41) is 4.66. The van der Waals surface area contributed by atoms with Crippen LogP contribution < -0.4 is 11.2 Å². The van der Waals surface area contributed by atoms with Crippen molar-refractivity contribution >= 4 is 32.9 Å². The van der Waals surface area contributed by atoms with Crippen LogP contribution in [0.2, 0.25) is 0 Å². The van der Waals surface area contributed by atoms with Crippen molar-refractivity contribution in [1.82, 2.24) is 5.01 Å². The molecule has 1 atom stereocenters. The maximum absolute atomic E-state index is 11.4. The minimum atomic E-state index is -2.96. The molecule has 0 saturated carbocycles. The molecule has 1 aromatic carbocycles. The molecule has 1 aliphatic heterocycles. The van der Waals surface area contributed by atoms with Gasteiger partial charge in [-0.3, -0.25) is 5.01 Å². The van der Waals surface area contributed by atoms with Gasteiger partial charge in [-0.05, 0) is 30.8 Å². The Bertz CT molecular complexity index is 530. The molecule has 0 bridgehead atoms. The number of benzene rings is 1. The fourth-order valence-corrected chi connectivity index (χ4v) is 3.85. The molecule has 1 fully saturated rings. The first-order chi connectivity index (χ1) is 8.48. The number of sulfone groups is 1. The molecule has 1 aromatic rings. The second-order valence-electron chi connectivity index (χ2n) is 4.26. The van der Waals surface area contributed by atoms with Gasteiger partial charge in [-0.25, -0.2) is 14.3 Å². The molecular weight excluding hydrogens is 270 g/mol. The van der Waals surface area contributed by atoms with Crippen LogP contribution in [-0.2, 0) is 9.84 Å². The Morgan fingerprint density at radius 2 is 2.06 bits per heavy atom. The summed E-state index contributed by atoms with van der Waals surface area (Å²) in [7, 11) is -2.96. The average molecular weight is 285 g/mol. The predicted molar refractivity (Wildman–Crippen MR) is 75.7 cm³/mol. The van der Waals surface area contributed by atoms with E-state index in [-0.39, 0.29) is 17.5 Å². The summed E-state index contributed by atoms with van der Waals surface area (Å²) >= 11 is 5.17. The predicted octanol–water partition coefficient (Wildman–Crippen LogP) is 0.746. The van der Waals surface area contributed by atoms with Crippen LogP contribution in [0, 0.1) is 0 Å². The lowest BCUT2D eigenvalue weighted by Gasteiger charge is -2.25. The van der Waals surface area contributed by atoms with Gasteiger partial charge in [-0.15, -0.1) is 0 Å². The normalized spacial score (nSPS) is 21.5. The Hall–Kier alpha value is -1.18. The summed E-state index contributed by atoms with van der Waals surface area (Å²) in [6.07, 6.45) is 0.523. The summed E-state index contributed by atoms with van der Waals surface area (Å²) < 4.78 is 22.8. The molecule has 0 aromatic heterocycles. The van der Waals surface area contributed by atoms with Crippen LogP contribution in [0.25, 0.3) is 0 Å². The monoisotopic (exact) mass is 285 g/mol. The number of anilines is 1. The number of nitrogens with zero attached hydrogens (tertiary/aromatic N) is 1. The van der Waals surface area contributed by atoms with E-state index in [1.165, 1.54) is 5.01 Å². The van der Waals surface area contributed by atoms with Crippen LogP contribution in [0.4, 0.5) is 5.69 Å². The Morgan fingerprint density at radius 3 is 2.61 bits per heavy atom. The Labute approximate surface area is 112 Å². The fourth-order valence-electron chi connectivity index (χ4n) is 1.87. The lowest BCUT2D eigenvalue weighted by atomic mass is 10.2. The molecule has 3 N–H and O–H groups in total. The average Bonchev–Trinajstić information content (AvgIpc) is 2.70. The third-order valence-electron chi connectivity index (χ3n) is 2.86. The quantitative estimate of drug-likeness (QED) is 0.474. The van der Waals surface area contributed by atoms with Gasteiger partial charge in [0, 0.05) is 5.69 Å². The minimum absolute atomic E-state index is 0.0696. The van der Waals surface area contributed by atoms with Crippen molar-refractivity contribution in [3.63, 3.8) is 0 Å². The van der Waals surface area contributed by atoms with Gasteiger partial charge in [0.2, 0.25) is 0 Å². The Kier molecular flexibility index (Phi) is 3.84. The van der Waals surface area contributed by atoms with E-state index in [2.05, 4.69) is 5.32 Å². The van der Waals surface area contributed by atoms with Crippen LogP contribution in [0.3, 0.4) is 0 Å². The van der Waals surface area contributed by atoms with Gasteiger partial charge in [0.1, 0.15) is 0 Å². The lowest BCUT2D eigenvalue weighted by molar-refractivity contribution is 0.352. The number of thiocarbonyl (C=S) groups is 1. The highest BCUT2D eigenvalue weighted by atomic mass is 32.2. The van der Waals surface area contributed by atoms with Crippen LogP contribution in [-0.4, -0.2) is 36.1 Å². The van der Waals surface area contributed by atoms with E-state index in [0.29, 0.717) is 11.5 Å². The molecule has 0 amide bonds. The summed E-state index contributed by atoms with van der Waals surface area (Å²) in [5.74, 6) is 6.11. The molecule has 0 aliphatic carbocycles. The first kappa shape index (κ1) is 13.3. The zero-order chi connectivity index (χ0) is 13.2. The maximum Gasteiger partial charge on any atom is 0.188 e. The molecule has 98 valence electrons. The highest BCUT2D eigenvalue weighted by Gasteiger charge is 2.32. The third kappa shape index (κ3) is 3.18. The smallest absolute Gasteiger partial charge is 0.188 e. The van der Waals surface area contributed by atoms with Gasteiger partial charge < -0.3 is 5.32 Å². The van der Waals surface area contributed by atoms with Crippen LogP contribution in [0.1, 0.15) is 6.42 Å². The highest BCUT2D eigenvalue weighted by Crippen LogP contribution is 2.16. The van der Waals surface area contributed by atoms with Crippen molar-refractivity contribution in [3.05, 3.63) is 30.3 Å². The number of hydrazine groups is 1. The number of nitrogens with one attached hydrogen (secondary N) is 1. The molecule has 0 spiro atoms. The second kappa shape index (κ2) is 5.21. The Balaban J connectivity index is 1.98. The van der Waals surface area contributed by atoms with Gasteiger partial charge in [0.15, 0.2) is 14.9 Å². The molecule has 1 unspecified atom stereocenters. The van der Waals surface area contributed by atoms with Crippen LogP contribution >= 0.6 is 12.2 Å². The van der Waals surface area contributed by atoms with Crippen molar-refractivity contribution in [2.24, 2.45) is 5.84 Å². The van der Waals surface area contributed by atoms with E-state index in [1.807, 2.05) is 30.3 Å². The number of nitrogens with two attached hydrogens (primary N) is 1. The minimum Gasteiger partial charge on any atom is -0.332 e. The van der Waals surface area contributed by atoms with Crippen molar-refractivity contribution < 1.29 is 8.42 Å². The number of hydrogen-bond donors (Lipinski definition) is 2. The topological polar surface area (TPSA) is 75.4 Å². The van der Waals surface area contributed by atoms with E-state index >= 15 is 0 Å². The molecule has 1 heterocycles. The standard InChI is InChI=1S/C11H15N3O2S2/c12-14(10-6-7-18(15,16)8-10)11(17)13-9-4-2-1-3-5-9/h1-5,10H,6-8,12H2,(H,13,17). The van der Waals surface area contributed by atoms with Crippen molar-refractivity contribution in [3.8, 4) is 0 Å². The zero-order valence-corrected chi connectivity index (χ0v) is 11.4. The highest BCUT2D eigenvalue weighted by molar-refractivity contribution is 7.91. The van der Waals surface area contributed by atoms with Crippen molar-refractivity contribution in [2.75, 3.05) is 16.8 Å². The zero-order valence-electron chi connectivity index (χ0n) is 9.74. The van der Waals surface area contributed by atoms with Gasteiger partial charge in [0.05, 0.1) is 17.5 Å². The summed E-state index contributed by atoms with van der Waals surface area (Å²) in [5.41, 5.74) is 0.832. The number of rotatable bonds is 2. The third-order valence-corrected chi connectivity index (χ3v) is 4.92. The lowest BCUT2D eigenvalue weighted by Crippen LogP contribution is -2.48. The van der Waals surface area contributed by atoms with Gasteiger partial charge in [-0.1, -0.05) is 18.2 Å². The molecule has 7 heteroatoms. The molecule has 2 rings (SSSR count). The first-order valence-corrected chi connectivity index (χ1v) is 7.81. The molecular formula is C11H15N3O2S2. The largest absolute Gasteiger partial charge is 0.332 e. The van der Waals surface area contributed by atoms with Gasteiger partial charge in [0.25, 0.3) is 0 Å². The van der Waals surface area contributed by atoms with Gasteiger partial charge in [-0.2, -0.15) is 0 Å². The van der Waals surface area contributed by atoms with Crippen LogP contribution in [0.15, 0.2) is 30.3 Å².